The molecule has 0 saturated heterocycles. The Morgan fingerprint density at radius 2 is 1.86 bits per heavy atom. The molecule has 0 aliphatic rings. The topological polar surface area (TPSA) is 79.5 Å². The summed E-state index contributed by atoms with van der Waals surface area (Å²) in [5.41, 5.74) is 2.36. The van der Waals surface area contributed by atoms with Crippen LogP contribution in [0, 0.1) is 20.8 Å². The van der Waals surface area contributed by atoms with Crippen LogP contribution in [0.2, 0.25) is 0 Å². The first-order valence-corrected chi connectivity index (χ1v) is 8.08. The molecule has 0 radical (unpaired) electrons. The average Bonchev–Trinajstić information content (AvgIpc) is 2.87. The van der Waals surface area contributed by atoms with E-state index in [0.29, 0.717) is 16.9 Å². The maximum Gasteiger partial charge on any atom is 0.241 e. The molecule has 21 heavy (non-hydrogen) atoms. The highest BCUT2D eigenvalue weighted by Gasteiger charge is 2.25. The van der Waals surface area contributed by atoms with Crippen molar-refractivity contribution in [2.75, 3.05) is 6.61 Å². The lowest BCUT2D eigenvalue weighted by Gasteiger charge is -2.17. The lowest BCUT2D eigenvalue weighted by Crippen LogP contribution is -2.31. The summed E-state index contributed by atoms with van der Waals surface area (Å²) < 4.78 is 32.8. The number of furan rings is 1. The molecule has 1 unspecified atom stereocenters. The molecule has 0 bridgehead atoms. The summed E-state index contributed by atoms with van der Waals surface area (Å²) in [7, 11) is -3.75. The van der Waals surface area contributed by atoms with Gasteiger partial charge in [0.05, 0.1) is 17.8 Å². The highest BCUT2D eigenvalue weighted by Crippen LogP contribution is 2.24. The van der Waals surface area contributed by atoms with Gasteiger partial charge in [0.2, 0.25) is 10.0 Å². The summed E-state index contributed by atoms with van der Waals surface area (Å²) in [4.78, 5) is 0.248. The van der Waals surface area contributed by atoms with Crippen LogP contribution in [0.4, 0.5) is 0 Å². The molecule has 0 fully saturated rings. The standard InChI is InChI=1S/C15H19NO4S/c1-10-7-11(2)15(12(3)8-10)21(18,19)16-13(9-17)14-5-4-6-20-14/h4-8,13,16-17H,9H2,1-3H3. The van der Waals surface area contributed by atoms with E-state index in [1.807, 2.05) is 19.1 Å². The number of aliphatic hydroxyl groups excluding tert-OH is 1. The van der Waals surface area contributed by atoms with Gasteiger partial charge in [0.15, 0.2) is 0 Å². The predicted octanol–water partition coefficient (Wildman–Crippen LogP) is 2.22. The van der Waals surface area contributed by atoms with E-state index in [1.165, 1.54) is 6.26 Å². The lowest BCUT2D eigenvalue weighted by molar-refractivity contribution is 0.242. The summed E-state index contributed by atoms with van der Waals surface area (Å²) in [6.45, 7) is 5.06. The second kappa shape index (κ2) is 6.01. The first-order chi connectivity index (χ1) is 9.85. The number of aliphatic hydroxyl groups is 1. The van der Waals surface area contributed by atoms with E-state index >= 15 is 0 Å². The van der Waals surface area contributed by atoms with Gasteiger partial charge in [-0.25, -0.2) is 8.42 Å². The third-order valence-electron chi connectivity index (χ3n) is 3.24. The molecule has 1 aromatic heterocycles. The Hall–Kier alpha value is -1.63. The van der Waals surface area contributed by atoms with Crippen LogP contribution in [-0.2, 0) is 10.0 Å². The molecular formula is C15H19NO4S. The molecule has 0 saturated carbocycles. The van der Waals surface area contributed by atoms with Gasteiger partial charge >= 0.3 is 0 Å². The van der Waals surface area contributed by atoms with Crippen molar-refractivity contribution in [2.24, 2.45) is 0 Å². The minimum atomic E-state index is -3.75. The van der Waals surface area contributed by atoms with Gasteiger partial charge in [-0.1, -0.05) is 17.7 Å². The summed E-state index contributed by atoms with van der Waals surface area (Å²) in [6.07, 6.45) is 1.44. The number of rotatable bonds is 5. The molecule has 0 amide bonds. The van der Waals surface area contributed by atoms with E-state index in [-0.39, 0.29) is 11.5 Å². The third kappa shape index (κ3) is 3.34. The molecule has 2 rings (SSSR count). The van der Waals surface area contributed by atoms with Gasteiger partial charge in [0.25, 0.3) is 0 Å². The van der Waals surface area contributed by atoms with Crippen LogP contribution in [0.25, 0.3) is 0 Å². The van der Waals surface area contributed by atoms with Crippen LogP contribution >= 0.6 is 0 Å². The largest absolute Gasteiger partial charge is 0.468 e. The number of hydrogen-bond donors (Lipinski definition) is 2. The summed E-state index contributed by atoms with van der Waals surface area (Å²) in [5.74, 6) is 0.378. The Labute approximate surface area is 124 Å². The molecule has 6 heteroatoms. The van der Waals surface area contributed by atoms with E-state index < -0.39 is 16.1 Å². The number of nitrogens with one attached hydrogen (secondary N) is 1. The molecule has 114 valence electrons. The molecule has 1 aromatic carbocycles. The van der Waals surface area contributed by atoms with E-state index in [4.69, 9.17) is 4.42 Å². The minimum absolute atomic E-state index is 0.248. The Kier molecular flexibility index (Phi) is 4.51. The van der Waals surface area contributed by atoms with Crippen molar-refractivity contribution in [2.45, 2.75) is 31.7 Å². The van der Waals surface area contributed by atoms with Gasteiger partial charge in [0, 0.05) is 0 Å². The number of aryl methyl sites for hydroxylation is 3. The average molecular weight is 309 g/mol. The monoisotopic (exact) mass is 309 g/mol. The van der Waals surface area contributed by atoms with E-state index in [9.17, 15) is 13.5 Å². The Bertz CT molecular complexity index is 697. The van der Waals surface area contributed by atoms with Crippen LogP contribution in [0.15, 0.2) is 39.8 Å². The van der Waals surface area contributed by atoms with Crippen LogP contribution in [0.5, 0.6) is 0 Å². The molecule has 1 heterocycles. The number of sulfonamides is 1. The first-order valence-electron chi connectivity index (χ1n) is 6.59. The first kappa shape index (κ1) is 15.8. The van der Waals surface area contributed by atoms with Crippen molar-refractivity contribution in [3.8, 4) is 0 Å². The zero-order valence-electron chi connectivity index (χ0n) is 12.3. The fourth-order valence-corrected chi connectivity index (χ4v) is 4.16. The third-order valence-corrected chi connectivity index (χ3v) is 5.02. The van der Waals surface area contributed by atoms with Crippen molar-refractivity contribution in [1.29, 1.82) is 0 Å². The van der Waals surface area contributed by atoms with Gasteiger partial charge in [-0.3, -0.25) is 0 Å². The van der Waals surface area contributed by atoms with Crippen molar-refractivity contribution in [3.63, 3.8) is 0 Å². The Balaban J connectivity index is 2.39. The van der Waals surface area contributed by atoms with Crippen molar-refractivity contribution >= 4 is 10.0 Å². The minimum Gasteiger partial charge on any atom is -0.468 e. The van der Waals surface area contributed by atoms with Crippen LogP contribution in [0.1, 0.15) is 28.5 Å². The highest BCUT2D eigenvalue weighted by molar-refractivity contribution is 7.89. The normalized spacial score (nSPS) is 13.3. The van der Waals surface area contributed by atoms with Gasteiger partial charge < -0.3 is 9.52 Å². The van der Waals surface area contributed by atoms with Gasteiger partial charge in [-0.05, 0) is 44.0 Å². The molecule has 0 spiro atoms. The second-order valence-corrected chi connectivity index (χ2v) is 6.75. The van der Waals surface area contributed by atoms with E-state index in [0.717, 1.165) is 5.56 Å². The summed E-state index contributed by atoms with van der Waals surface area (Å²) in [5, 5.41) is 9.40. The molecule has 0 aliphatic heterocycles. The maximum absolute atomic E-state index is 12.6. The zero-order chi connectivity index (χ0) is 15.6. The Morgan fingerprint density at radius 3 is 2.33 bits per heavy atom. The van der Waals surface area contributed by atoms with Crippen LogP contribution in [-0.4, -0.2) is 20.1 Å². The molecule has 5 nitrogen and oxygen atoms in total. The lowest BCUT2D eigenvalue weighted by atomic mass is 10.1. The molecule has 0 aliphatic carbocycles. The van der Waals surface area contributed by atoms with Gasteiger partial charge in [0.1, 0.15) is 11.8 Å². The van der Waals surface area contributed by atoms with Crippen molar-refractivity contribution in [3.05, 3.63) is 53.0 Å². The van der Waals surface area contributed by atoms with Crippen LogP contribution in [0.3, 0.4) is 0 Å². The Morgan fingerprint density at radius 1 is 1.24 bits per heavy atom. The molecular weight excluding hydrogens is 290 g/mol. The van der Waals surface area contributed by atoms with Crippen LogP contribution < -0.4 is 4.72 Å². The van der Waals surface area contributed by atoms with E-state index in [2.05, 4.69) is 4.72 Å². The second-order valence-electron chi connectivity index (χ2n) is 5.10. The fraction of sp³-hybridized carbons (Fsp3) is 0.333. The molecule has 1 atom stereocenters. The maximum atomic E-state index is 12.6. The van der Waals surface area contributed by atoms with Gasteiger partial charge in [-0.15, -0.1) is 0 Å². The summed E-state index contributed by atoms with van der Waals surface area (Å²) >= 11 is 0. The number of benzene rings is 1. The molecule has 2 aromatic rings. The SMILES string of the molecule is Cc1cc(C)c(S(=O)(=O)NC(CO)c2ccco2)c(C)c1. The van der Waals surface area contributed by atoms with Crippen molar-refractivity contribution in [1.82, 2.24) is 4.72 Å². The quantitative estimate of drug-likeness (QED) is 0.887. The highest BCUT2D eigenvalue weighted by atomic mass is 32.2. The predicted molar refractivity (Wildman–Crippen MR) is 79.5 cm³/mol. The smallest absolute Gasteiger partial charge is 0.241 e. The summed E-state index contributed by atoms with van der Waals surface area (Å²) in [6, 6.07) is 6.11. The fourth-order valence-electron chi connectivity index (χ4n) is 2.51. The number of hydrogen-bond acceptors (Lipinski definition) is 4. The van der Waals surface area contributed by atoms with Crippen molar-refractivity contribution < 1.29 is 17.9 Å². The van der Waals surface area contributed by atoms with Gasteiger partial charge in [-0.2, -0.15) is 4.72 Å². The molecule has 2 N–H and O–H groups in total. The zero-order valence-corrected chi connectivity index (χ0v) is 13.1. The van der Waals surface area contributed by atoms with E-state index in [1.54, 1.807) is 26.0 Å².